The third kappa shape index (κ3) is 4.48. The average Bonchev–Trinajstić information content (AvgIpc) is 2.48. The number of ether oxygens (including phenoxy) is 3. The van der Waals surface area contributed by atoms with Crippen molar-refractivity contribution in [3.63, 3.8) is 0 Å². The molecule has 0 unspecified atom stereocenters. The highest BCUT2D eigenvalue weighted by molar-refractivity contribution is 5.99. The van der Waals surface area contributed by atoms with E-state index in [1.165, 1.54) is 25.3 Å². The summed E-state index contributed by atoms with van der Waals surface area (Å²) in [4.78, 5) is 22.9. The summed E-state index contributed by atoms with van der Waals surface area (Å²) in [7, 11) is 2.33. The summed E-state index contributed by atoms with van der Waals surface area (Å²) in [6, 6.07) is 4.16. The molecule has 0 radical (unpaired) electrons. The molecule has 1 N–H and O–H groups in total. The first-order valence-electron chi connectivity index (χ1n) is 6.09. The van der Waals surface area contributed by atoms with E-state index >= 15 is 0 Å². The zero-order valence-electron chi connectivity index (χ0n) is 11.9. The van der Waals surface area contributed by atoms with Crippen LogP contribution in [0, 0.1) is 5.82 Å². The summed E-state index contributed by atoms with van der Waals surface area (Å²) in [6.45, 7) is 1.94. The van der Waals surface area contributed by atoms with Gasteiger partial charge in [0.1, 0.15) is 5.70 Å². The van der Waals surface area contributed by atoms with Crippen molar-refractivity contribution in [2.75, 3.05) is 26.1 Å². The number of methoxy groups -OCH3 is 2. The number of rotatable bonds is 6. The van der Waals surface area contributed by atoms with Gasteiger partial charge in [-0.05, 0) is 19.1 Å². The van der Waals surface area contributed by atoms with Crippen LogP contribution in [0.25, 0.3) is 0 Å². The van der Waals surface area contributed by atoms with Gasteiger partial charge in [0.05, 0.1) is 32.6 Å². The Morgan fingerprint density at radius 1 is 1.29 bits per heavy atom. The Balaban J connectivity index is 3.15. The van der Waals surface area contributed by atoms with Crippen LogP contribution in [0.15, 0.2) is 30.0 Å². The van der Waals surface area contributed by atoms with Crippen LogP contribution in [0.5, 0.6) is 5.75 Å². The topological polar surface area (TPSA) is 73.9 Å². The molecule has 0 atom stereocenters. The van der Waals surface area contributed by atoms with Gasteiger partial charge in [-0.2, -0.15) is 0 Å². The van der Waals surface area contributed by atoms with Gasteiger partial charge >= 0.3 is 11.9 Å². The van der Waals surface area contributed by atoms with Crippen molar-refractivity contribution < 1.29 is 28.2 Å². The Morgan fingerprint density at radius 3 is 2.57 bits per heavy atom. The SMILES string of the molecule is CCOc1c(F)cccc1N/C(=C/C(=O)OC)C(=O)OC. The number of carbonyl (C=O) groups excluding carboxylic acids is 2. The smallest absolute Gasteiger partial charge is 0.354 e. The first kappa shape index (κ1) is 16.5. The summed E-state index contributed by atoms with van der Waals surface area (Å²) in [5.41, 5.74) is -0.00620. The van der Waals surface area contributed by atoms with Crippen molar-refractivity contribution >= 4 is 17.6 Å². The molecule has 1 aromatic carbocycles. The second-order valence-corrected chi connectivity index (χ2v) is 3.75. The lowest BCUT2D eigenvalue weighted by atomic mass is 10.2. The predicted molar refractivity (Wildman–Crippen MR) is 73.3 cm³/mol. The lowest BCUT2D eigenvalue weighted by molar-refractivity contribution is -0.138. The fourth-order valence-corrected chi connectivity index (χ4v) is 1.48. The van der Waals surface area contributed by atoms with E-state index in [0.717, 1.165) is 13.2 Å². The molecule has 114 valence electrons. The van der Waals surface area contributed by atoms with Crippen molar-refractivity contribution in [1.82, 2.24) is 0 Å². The monoisotopic (exact) mass is 297 g/mol. The highest BCUT2D eigenvalue weighted by Gasteiger charge is 2.16. The van der Waals surface area contributed by atoms with Gasteiger partial charge in [-0.15, -0.1) is 0 Å². The highest BCUT2D eigenvalue weighted by Crippen LogP contribution is 2.29. The number of esters is 2. The summed E-state index contributed by atoms with van der Waals surface area (Å²) >= 11 is 0. The van der Waals surface area contributed by atoms with E-state index in [2.05, 4.69) is 14.8 Å². The molecule has 21 heavy (non-hydrogen) atoms. The van der Waals surface area contributed by atoms with Crippen LogP contribution in [-0.2, 0) is 19.1 Å². The second-order valence-electron chi connectivity index (χ2n) is 3.75. The largest absolute Gasteiger partial charge is 0.489 e. The van der Waals surface area contributed by atoms with E-state index in [1.807, 2.05) is 0 Å². The van der Waals surface area contributed by atoms with Gasteiger partial charge in [-0.25, -0.2) is 14.0 Å². The molecular formula is C14H16FNO5. The number of nitrogens with one attached hydrogen (secondary N) is 1. The van der Waals surface area contributed by atoms with Gasteiger partial charge in [-0.1, -0.05) is 6.07 Å². The van der Waals surface area contributed by atoms with E-state index < -0.39 is 17.8 Å². The van der Waals surface area contributed by atoms with Crippen molar-refractivity contribution in [3.8, 4) is 5.75 Å². The maximum atomic E-state index is 13.7. The van der Waals surface area contributed by atoms with Gasteiger partial charge in [0.25, 0.3) is 0 Å². The minimum Gasteiger partial charge on any atom is -0.489 e. The molecule has 0 saturated heterocycles. The van der Waals surface area contributed by atoms with E-state index in [1.54, 1.807) is 6.92 Å². The molecule has 0 heterocycles. The van der Waals surface area contributed by atoms with Crippen LogP contribution in [0.2, 0.25) is 0 Å². The third-order valence-corrected chi connectivity index (χ3v) is 2.39. The zero-order valence-corrected chi connectivity index (χ0v) is 11.9. The van der Waals surface area contributed by atoms with Gasteiger partial charge in [-0.3, -0.25) is 0 Å². The molecule has 0 aliphatic heterocycles. The number of hydrogen-bond acceptors (Lipinski definition) is 6. The fourth-order valence-electron chi connectivity index (χ4n) is 1.48. The number of carbonyl (C=O) groups is 2. The number of anilines is 1. The molecule has 0 aliphatic carbocycles. The zero-order chi connectivity index (χ0) is 15.8. The number of para-hydroxylation sites is 1. The van der Waals surface area contributed by atoms with E-state index in [9.17, 15) is 14.0 Å². The number of benzene rings is 1. The van der Waals surface area contributed by atoms with Crippen molar-refractivity contribution in [2.45, 2.75) is 6.92 Å². The Bertz CT molecular complexity index is 556. The van der Waals surface area contributed by atoms with Gasteiger partial charge in [0, 0.05) is 0 Å². The van der Waals surface area contributed by atoms with Crippen molar-refractivity contribution in [2.24, 2.45) is 0 Å². The van der Waals surface area contributed by atoms with Gasteiger partial charge < -0.3 is 19.5 Å². The lowest BCUT2D eigenvalue weighted by Crippen LogP contribution is -2.16. The Morgan fingerprint density at radius 2 is 2.00 bits per heavy atom. The maximum absolute atomic E-state index is 13.7. The van der Waals surface area contributed by atoms with Crippen molar-refractivity contribution in [3.05, 3.63) is 35.8 Å². The lowest BCUT2D eigenvalue weighted by Gasteiger charge is -2.14. The molecule has 0 aromatic heterocycles. The first-order chi connectivity index (χ1) is 10.0. The molecule has 0 bridgehead atoms. The average molecular weight is 297 g/mol. The highest BCUT2D eigenvalue weighted by atomic mass is 19.1. The van der Waals surface area contributed by atoms with Crippen LogP contribution in [0.1, 0.15) is 6.92 Å². The first-order valence-corrected chi connectivity index (χ1v) is 6.09. The molecule has 0 amide bonds. The molecule has 1 aromatic rings. The Hall–Kier alpha value is -2.57. The minimum absolute atomic E-state index is 0.0559. The normalized spacial score (nSPS) is 10.8. The Kier molecular flexibility index (Phi) is 6.19. The van der Waals surface area contributed by atoms with Crippen LogP contribution in [0.4, 0.5) is 10.1 Å². The molecule has 6 nitrogen and oxygen atoms in total. The maximum Gasteiger partial charge on any atom is 0.354 e. The third-order valence-electron chi connectivity index (χ3n) is 2.39. The predicted octanol–water partition coefficient (Wildman–Crippen LogP) is 1.87. The fraction of sp³-hybridized carbons (Fsp3) is 0.286. The van der Waals surface area contributed by atoms with Crippen LogP contribution >= 0.6 is 0 Å². The molecule has 0 spiro atoms. The molecular weight excluding hydrogens is 281 g/mol. The molecule has 7 heteroatoms. The van der Waals surface area contributed by atoms with E-state index in [4.69, 9.17) is 4.74 Å². The molecule has 0 saturated carbocycles. The number of halogens is 1. The summed E-state index contributed by atoms with van der Waals surface area (Å²) < 4.78 is 27.9. The Labute approximate surface area is 121 Å². The quantitative estimate of drug-likeness (QED) is 0.638. The van der Waals surface area contributed by atoms with E-state index in [0.29, 0.717) is 0 Å². The summed E-state index contributed by atoms with van der Waals surface area (Å²) in [5.74, 6) is -2.20. The standard InChI is InChI=1S/C14H16FNO5/c1-4-21-13-9(15)6-5-7-10(13)16-11(14(18)20-3)8-12(17)19-2/h5-8,16H,4H2,1-3H3/b11-8+. The number of hydrogen-bond donors (Lipinski definition) is 1. The van der Waals surface area contributed by atoms with Gasteiger partial charge in [0.2, 0.25) is 0 Å². The second kappa shape index (κ2) is 7.88. The summed E-state index contributed by atoms with van der Waals surface area (Å²) in [6.07, 6.45) is 0.909. The van der Waals surface area contributed by atoms with Crippen LogP contribution in [-0.4, -0.2) is 32.8 Å². The summed E-state index contributed by atoms with van der Waals surface area (Å²) in [5, 5.41) is 2.61. The van der Waals surface area contributed by atoms with E-state index in [-0.39, 0.29) is 23.7 Å². The van der Waals surface area contributed by atoms with Crippen LogP contribution in [0.3, 0.4) is 0 Å². The molecule has 0 fully saturated rings. The van der Waals surface area contributed by atoms with Gasteiger partial charge in [0.15, 0.2) is 11.6 Å². The molecule has 1 rings (SSSR count). The molecule has 0 aliphatic rings. The van der Waals surface area contributed by atoms with Crippen molar-refractivity contribution in [1.29, 1.82) is 0 Å². The van der Waals surface area contributed by atoms with Crippen LogP contribution < -0.4 is 10.1 Å². The minimum atomic E-state index is -0.799.